The highest BCUT2D eigenvalue weighted by Crippen LogP contribution is 2.25. The van der Waals surface area contributed by atoms with Gasteiger partial charge in [0, 0.05) is 11.8 Å². The maximum Gasteiger partial charge on any atom is 0.140 e. The van der Waals surface area contributed by atoms with Crippen molar-refractivity contribution in [2.75, 3.05) is 11.5 Å². The maximum absolute atomic E-state index is 9.02. The second kappa shape index (κ2) is 4.95. The molecular weight excluding hydrogens is 199 g/mol. The van der Waals surface area contributed by atoms with Crippen LogP contribution in [-0.2, 0) is 0 Å². The first kappa shape index (κ1) is 13.8. The number of aryl methyl sites for hydroxylation is 1. The Morgan fingerprint density at radius 3 is 2.00 bits per heavy atom. The molecule has 0 aliphatic heterocycles. The summed E-state index contributed by atoms with van der Waals surface area (Å²) >= 11 is 0. The molecule has 1 aromatic rings. The summed E-state index contributed by atoms with van der Waals surface area (Å²) < 4.78 is 0. The minimum absolute atomic E-state index is 0. The molecule has 0 bridgehead atoms. The van der Waals surface area contributed by atoms with Crippen molar-refractivity contribution in [2.24, 2.45) is 0 Å². The SMILES string of the molecule is Cc1cc(N)c(O)cc1N.Cl.Cl. The lowest BCUT2D eigenvalue weighted by Gasteiger charge is -2.02. The molecule has 0 fully saturated rings. The molecule has 0 atom stereocenters. The highest BCUT2D eigenvalue weighted by atomic mass is 35.5. The summed E-state index contributed by atoms with van der Waals surface area (Å²) in [5.74, 6) is 0.0445. The van der Waals surface area contributed by atoms with Gasteiger partial charge in [0.15, 0.2) is 0 Å². The summed E-state index contributed by atoms with van der Waals surface area (Å²) in [4.78, 5) is 0. The van der Waals surface area contributed by atoms with Crippen molar-refractivity contribution in [1.82, 2.24) is 0 Å². The molecule has 3 nitrogen and oxygen atoms in total. The first-order chi connectivity index (χ1) is 4.61. The summed E-state index contributed by atoms with van der Waals surface area (Å²) in [5.41, 5.74) is 12.7. The predicted octanol–water partition coefficient (Wildman–Crippen LogP) is 1.71. The lowest BCUT2D eigenvalue weighted by atomic mass is 10.2. The zero-order valence-electron chi connectivity index (χ0n) is 6.57. The van der Waals surface area contributed by atoms with Crippen LogP contribution in [0.5, 0.6) is 5.75 Å². The molecule has 5 N–H and O–H groups in total. The third-order valence-corrected chi connectivity index (χ3v) is 1.42. The highest BCUT2D eigenvalue weighted by molar-refractivity contribution is 5.85. The van der Waals surface area contributed by atoms with Crippen molar-refractivity contribution in [3.8, 4) is 5.75 Å². The van der Waals surface area contributed by atoms with Gasteiger partial charge in [0.1, 0.15) is 5.75 Å². The Hall–Kier alpha value is -0.800. The first-order valence-corrected chi connectivity index (χ1v) is 2.96. The topological polar surface area (TPSA) is 72.3 Å². The van der Waals surface area contributed by atoms with Crippen LogP contribution in [0.15, 0.2) is 12.1 Å². The van der Waals surface area contributed by atoms with E-state index in [1.165, 1.54) is 6.07 Å². The van der Waals surface area contributed by atoms with Gasteiger partial charge in [0.25, 0.3) is 0 Å². The van der Waals surface area contributed by atoms with Gasteiger partial charge in [-0.15, -0.1) is 24.8 Å². The van der Waals surface area contributed by atoms with Gasteiger partial charge in [0.2, 0.25) is 0 Å². The van der Waals surface area contributed by atoms with Crippen molar-refractivity contribution in [1.29, 1.82) is 0 Å². The van der Waals surface area contributed by atoms with Crippen LogP contribution in [0.2, 0.25) is 0 Å². The van der Waals surface area contributed by atoms with Crippen LogP contribution in [0.25, 0.3) is 0 Å². The number of rotatable bonds is 0. The standard InChI is InChI=1S/C7H10N2O.2ClH/c1-4-2-6(9)7(10)3-5(4)8;;/h2-3,10H,8-9H2,1H3;2*1H. The van der Waals surface area contributed by atoms with E-state index < -0.39 is 0 Å². The lowest BCUT2D eigenvalue weighted by Crippen LogP contribution is -1.92. The second-order valence-corrected chi connectivity index (χ2v) is 2.27. The summed E-state index contributed by atoms with van der Waals surface area (Å²) in [6.07, 6.45) is 0. The molecule has 0 aromatic heterocycles. The normalized spacial score (nSPS) is 8.08. The smallest absolute Gasteiger partial charge is 0.140 e. The molecule has 0 saturated carbocycles. The Kier molecular flexibility index (Phi) is 5.68. The van der Waals surface area contributed by atoms with E-state index in [0.29, 0.717) is 11.4 Å². The summed E-state index contributed by atoms with van der Waals surface area (Å²) in [6.45, 7) is 1.84. The van der Waals surface area contributed by atoms with Crippen molar-refractivity contribution in [2.45, 2.75) is 6.92 Å². The van der Waals surface area contributed by atoms with E-state index in [4.69, 9.17) is 16.6 Å². The van der Waals surface area contributed by atoms with Crippen molar-refractivity contribution >= 4 is 36.2 Å². The van der Waals surface area contributed by atoms with E-state index in [2.05, 4.69) is 0 Å². The summed E-state index contributed by atoms with van der Waals surface area (Å²) in [6, 6.07) is 3.09. The fourth-order valence-electron chi connectivity index (χ4n) is 0.735. The number of aromatic hydroxyl groups is 1. The third kappa shape index (κ3) is 2.68. The van der Waals surface area contributed by atoms with E-state index in [1.54, 1.807) is 6.07 Å². The van der Waals surface area contributed by atoms with Crippen LogP contribution < -0.4 is 11.5 Å². The molecule has 0 amide bonds. The number of nitrogen functional groups attached to an aromatic ring is 2. The van der Waals surface area contributed by atoms with Crippen LogP contribution in [0.1, 0.15) is 5.56 Å². The summed E-state index contributed by atoms with van der Waals surface area (Å²) in [7, 11) is 0. The van der Waals surface area contributed by atoms with Gasteiger partial charge in [-0.25, -0.2) is 0 Å². The monoisotopic (exact) mass is 210 g/mol. The number of phenolic OH excluding ortho intramolecular Hbond substituents is 1. The molecule has 5 heteroatoms. The molecule has 1 aromatic carbocycles. The van der Waals surface area contributed by atoms with Crippen molar-refractivity contribution in [3.05, 3.63) is 17.7 Å². The Bertz CT molecular complexity index is 216. The summed E-state index contributed by atoms with van der Waals surface area (Å²) in [5, 5.41) is 9.02. The number of nitrogens with two attached hydrogens (primary N) is 2. The van der Waals surface area contributed by atoms with Crippen LogP contribution in [0.4, 0.5) is 11.4 Å². The fourth-order valence-corrected chi connectivity index (χ4v) is 0.735. The zero-order valence-corrected chi connectivity index (χ0v) is 8.21. The predicted molar refractivity (Wildman–Crippen MR) is 56.2 cm³/mol. The van der Waals surface area contributed by atoms with Gasteiger partial charge in [-0.2, -0.15) is 0 Å². The molecule has 70 valence electrons. The largest absolute Gasteiger partial charge is 0.506 e. The molecule has 1 rings (SSSR count). The van der Waals surface area contributed by atoms with Gasteiger partial charge in [0.05, 0.1) is 5.69 Å². The van der Waals surface area contributed by atoms with Gasteiger partial charge < -0.3 is 16.6 Å². The van der Waals surface area contributed by atoms with E-state index in [0.717, 1.165) is 5.56 Å². The molecule has 0 heterocycles. The van der Waals surface area contributed by atoms with Gasteiger partial charge in [-0.1, -0.05) is 0 Å². The van der Waals surface area contributed by atoms with Gasteiger partial charge in [-0.05, 0) is 18.6 Å². The van der Waals surface area contributed by atoms with Crippen LogP contribution in [0.3, 0.4) is 0 Å². The molecule has 0 radical (unpaired) electrons. The molecule has 0 saturated heterocycles. The van der Waals surface area contributed by atoms with Gasteiger partial charge in [-0.3, -0.25) is 0 Å². The Balaban J connectivity index is 0. The number of hydrogen-bond donors (Lipinski definition) is 3. The molecule has 0 spiro atoms. The average Bonchev–Trinajstić information content (AvgIpc) is 1.84. The van der Waals surface area contributed by atoms with Gasteiger partial charge >= 0.3 is 0 Å². The lowest BCUT2D eigenvalue weighted by molar-refractivity contribution is 0.478. The minimum Gasteiger partial charge on any atom is -0.506 e. The van der Waals surface area contributed by atoms with E-state index in [1.807, 2.05) is 6.92 Å². The van der Waals surface area contributed by atoms with E-state index in [-0.39, 0.29) is 30.6 Å². The zero-order chi connectivity index (χ0) is 7.72. The molecule has 0 unspecified atom stereocenters. The third-order valence-electron chi connectivity index (χ3n) is 1.42. The number of anilines is 2. The average molecular weight is 211 g/mol. The molecule has 12 heavy (non-hydrogen) atoms. The van der Waals surface area contributed by atoms with E-state index >= 15 is 0 Å². The van der Waals surface area contributed by atoms with Crippen molar-refractivity contribution in [3.63, 3.8) is 0 Å². The molecule has 0 aliphatic rings. The minimum atomic E-state index is 0. The second-order valence-electron chi connectivity index (χ2n) is 2.27. The highest BCUT2D eigenvalue weighted by Gasteiger charge is 1.98. The Morgan fingerprint density at radius 1 is 1.08 bits per heavy atom. The number of hydrogen-bond acceptors (Lipinski definition) is 3. The Morgan fingerprint density at radius 2 is 1.58 bits per heavy atom. The Labute approximate surface area is 83.6 Å². The molecular formula is C7H12Cl2N2O. The first-order valence-electron chi connectivity index (χ1n) is 2.96. The quantitative estimate of drug-likeness (QED) is 0.451. The van der Waals surface area contributed by atoms with Crippen LogP contribution in [0, 0.1) is 6.92 Å². The number of phenols is 1. The van der Waals surface area contributed by atoms with E-state index in [9.17, 15) is 0 Å². The van der Waals surface area contributed by atoms with Crippen LogP contribution >= 0.6 is 24.8 Å². The van der Waals surface area contributed by atoms with Crippen molar-refractivity contribution < 1.29 is 5.11 Å². The number of halogens is 2. The number of benzene rings is 1. The van der Waals surface area contributed by atoms with Crippen LogP contribution in [-0.4, -0.2) is 5.11 Å². The maximum atomic E-state index is 9.02. The fraction of sp³-hybridized carbons (Fsp3) is 0.143. The molecule has 0 aliphatic carbocycles.